The molecule has 1 N–H and O–H groups in total. The van der Waals surface area contributed by atoms with Crippen molar-refractivity contribution in [2.45, 2.75) is 51.7 Å². The van der Waals surface area contributed by atoms with Crippen molar-refractivity contribution in [3.8, 4) is 0 Å². The summed E-state index contributed by atoms with van der Waals surface area (Å²) in [6, 6.07) is -0.389. The maximum Gasteiger partial charge on any atom is 0.408 e. The van der Waals surface area contributed by atoms with E-state index >= 15 is 0 Å². The van der Waals surface area contributed by atoms with Gasteiger partial charge in [-0.15, -0.1) is 0 Å². The van der Waals surface area contributed by atoms with Crippen LogP contribution in [0.15, 0.2) is 0 Å². The van der Waals surface area contributed by atoms with Crippen LogP contribution in [-0.4, -0.2) is 41.6 Å². The summed E-state index contributed by atoms with van der Waals surface area (Å²) in [5, 5.41) is 2.73. The average molecular weight is 254 g/mol. The summed E-state index contributed by atoms with van der Waals surface area (Å²) in [7, 11) is 0. The van der Waals surface area contributed by atoms with Crippen LogP contribution in [0.25, 0.3) is 0 Å². The number of amides is 2. The Morgan fingerprint density at radius 2 is 1.89 bits per heavy atom. The number of ether oxygens (including phenoxy) is 1. The van der Waals surface area contributed by atoms with E-state index in [4.69, 9.17) is 4.74 Å². The van der Waals surface area contributed by atoms with Crippen LogP contribution >= 0.6 is 0 Å². The normalized spacial score (nSPS) is 20.9. The summed E-state index contributed by atoms with van der Waals surface area (Å²) in [4.78, 5) is 25.7. The minimum Gasteiger partial charge on any atom is -0.444 e. The highest BCUT2D eigenvalue weighted by atomic mass is 16.6. The molecule has 1 saturated carbocycles. The van der Waals surface area contributed by atoms with Crippen LogP contribution in [0, 0.1) is 5.92 Å². The Labute approximate surface area is 108 Å². The third-order valence-electron chi connectivity index (χ3n) is 3.20. The second-order valence-electron chi connectivity index (χ2n) is 6.14. The van der Waals surface area contributed by atoms with Gasteiger partial charge in [-0.2, -0.15) is 0 Å². The van der Waals surface area contributed by atoms with Gasteiger partial charge < -0.3 is 15.0 Å². The first-order valence-corrected chi connectivity index (χ1v) is 6.65. The van der Waals surface area contributed by atoms with Crippen molar-refractivity contribution >= 4 is 12.0 Å². The Hall–Kier alpha value is -1.26. The summed E-state index contributed by atoms with van der Waals surface area (Å²) in [6.07, 6.45) is 2.60. The van der Waals surface area contributed by atoms with Crippen molar-refractivity contribution < 1.29 is 14.3 Å². The molecule has 2 fully saturated rings. The van der Waals surface area contributed by atoms with E-state index in [1.807, 2.05) is 20.8 Å². The molecule has 2 rings (SSSR count). The molecule has 2 amide bonds. The summed E-state index contributed by atoms with van der Waals surface area (Å²) in [6.45, 7) is 7.08. The van der Waals surface area contributed by atoms with Crippen LogP contribution in [-0.2, 0) is 9.53 Å². The zero-order valence-corrected chi connectivity index (χ0v) is 11.4. The number of alkyl carbamates (subject to hydrolysis) is 1. The maximum absolute atomic E-state index is 12.2. The van der Waals surface area contributed by atoms with E-state index in [1.54, 1.807) is 4.90 Å². The van der Waals surface area contributed by atoms with Gasteiger partial charge in [0.15, 0.2) is 0 Å². The van der Waals surface area contributed by atoms with Gasteiger partial charge >= 0.3 is 6.09 Å². The van der Waals surface area contributed by atoms with Gasteiger partial charge in [0.05, 0.1) is 0 Å². The van der Waals surface area contributed by atoms with Gasteiger partial charge in [0.1, 0.15) is 11.6 Å². The molecule has 0 aromatic rings. The van der Waals surface area contributed by atoms with Crippen molar-refractivity contribution in [3.05, 3.63) is 0 Å². The lowest BCUT2D eigenvalue weighted by molar-refractivity contribution is -0.137. The Morgan fingerprint density at radius 3 is 2.28 bits per heavy atom. The molecule has 1 atom stereocenters. The summed E-state index contributed by atoms with van der Waals surface area (Å²) in [5.41, 5.74) is -0.530. The highest BCUT2D eigenvalue weighted by molar-refractivity contribution is 5.86. The standard InChI is InChI=1S/C13H22N2O3/c1-13(2,3)18-12(17)14-10(9-5-6-9)11(16)15-7-4-8-15/h9-10H,4-8H2,1-3H3,(H,14,17)/t10-/m0/s1. The zero-order chi connectivity index (χ0) is 13.3. The Bertz CT molecular complexity index is 341. The molecular formula is C13H22N2O3. The number of nitrogens with zero attached hydrogens (tertiary/aromatic N) is 1. The molecule has 18 heavy (non-hydrogen) atoms. The summed E-state index contributed by atoms with van der Waals surface area (Å²) < 4.78 is 5.21. The summed E-state index contributed by atoms with van der Waals surface area (Å²) in [5.74, 6) is 0.347. The van der Waals surface area contributed by atoms with E-state index in [2.05, 4.69) is 5.32 Å². The number of likely N-dealkylation sites (tertiary alicyclic amines) is 1. The number of hydrogen-bond acceptors (Lipinski definition) is 3. The molecule has 0 aromatic carbocycles. The van der Waals surface area contributed by atoms with Gasteiger partial charge in [0, 0.05) is 13.1 Å². The quantitative estimate of drug-likeness (QED) is 0.830. The topological polar surface area (TPSA) is 58.6 Å². The first kappa shape index (κ1) is 13.2. The molecule has 102 valence electrons. The van der Waals surface area contributed by atoms with E-state index < -0.39 is 11.7 Å². The minimum absolute atomic E-state index is 0.0506. The highest BCUT2D eigenvalue weighted by Crippen LogP contribution is 2.34. The van der Waals surface area contributed by atoms with Crippen LogP contribution in [0.2, 0.25) is 0 Å². The van der Waals surface area contributed by atoms with Gasteiger partial charge in [-0.05, 0) is 46.0 Å². The fourth-order valence-electron chi connectivity index (χ4n) is 1.98. The van der Waals surface area contributed by atoms with Crippen LogP contribution in [0.1, 0.15) is 40.0 Å². The largest absolute Gasteiger partial charge is 0.444 e. The molecule has 1 heterocycles. The molecule has 2 aliphatic rings. The fourth-order valence-corrected chi connectivity index (χ4v) is 1.98. The first-order valence-electron chi connectivity index (χ1n) is 6.65. The monoisotopic (exact) mass is 254 g/mol. The van der Waals surface area contributed by atoms with Gasteiger partial charge in [0.2, 0.25) is 5.91 Å². The predicted molar refractivity (Wildman–Crippen MR) is 67.1 cm³/mol. The van der Waals surface area contributed by atoms with Crippen LogP contribution in [0.4, 0.5) is 4.79 Å². The third kappa shape index (κ3) is 3.37. The van der Waals surface area contributed by atoms with Gasteiger partial charge in [-0.25, -0.2) is 4.79 Å². The molecule has 5 nitrogen and oxygen atoms in total. The smallest absolute Gasteiger partial charge is 0.408 e. The van der Waals surface area contributed by atoms with Crippen molar-refractivity contribution in [3.63, 3.8) is 0 Å². The lowest BCUT2D eigenvalue weighted by atomic mass is 10.1. The van der Waals surface area contributed by atoms with Crippen molar-refractivity contribution in [2.24, 2.45) is 5.92 Å². The Kier molecular flexibility index (Phi) is 3.50. The van der Waals surface area contributed by atoms with Gasteiger partial charge in [-0.1, -0.05) is 0 Å². The van der Waals surface area contributed by atoms with Crippen molar-refractivity contribution in [1.29, 1.82) is 0 Å². The summed E-state index contributed by atoms with van der Waals surface area (Å²) >= 11 is 0. The number of rotatable bonds is 3. The van der Waals surface area contributed by atoms with E-state index in [0.29, 0.717) is 5.92 Å². The third-order valence-corrected chi connectivity index (χ3v) is 3.20. The Balaban J connectivity index is 1.90. The first-order chi connectivity index (χ1) is 8.37. The SMILES string of the molecule is CC(C)(C)OC(=O)N[C@H](C(=O)N1CCC1)C1CC1. The Morgan fingerprint density at radius 1 is 1.28 bits per heavy atom. The number of nitrogens with one attached hydrogen (secondary N) is 1. The molecule has 0 unspecified atom stereocenters. The van der Waals surface area contributed by atoms with Crippen molar-refractivity contribution in [1.82, 2.24) is 10.2 Å². The molecule has 0 aromatic heterocycles. The molecule has 5 heteroatoms. The van der Waals surface area contributed by atoms with E-state index in [1.165, 1.54) is 0 Å². The molecule has 1 aliphatic heterocycles. The molecule has 0 radical (unpaired) electrons. The molecule has 1 aliphatic carbocycles. The van der Waals surface area contributed by atoms with E-state index in [-0.39, 0.29) is 11.9 Å². The van der Waals surface area contributed by atoms with E-state index in [9.17, 15) is 9.59 Å². The minimum atomic E-state index is -0.530. The molecule has 0 spiro atoms. The van der Waals surface area contributed by atoms with Crippen LogP contribution < -0.4 is 5.32 Å². The average Bonchev–Trinajstić information content (AvgIpc) is 2.90. The molecule has 1 saturated heterocycles. The predicted octanol–water partition coefficient (Wildman–Crippen LogP) is 1.52. The number of carbonyl (C=O) groups excluding carboxylic acids is 2. The number of hydrogen-bond donors (Lipinski definition) is 1. The van der Waals surface area contributed by atoms with Gasteiger partial charge in [0.25, 0.3) is 0 Å². The fraction of sp³-hybridized carbons (Fsp3) is 0.846. The second-order valence-corrected chi connectivity index (χ2v) is 6.14. The molecule has 0 bridgehead atoms. The highest BCUT2D eigenvalue weighted by Gasteiger charge is 2.41. The van der Waals surface area contributed by atoms with Crippen LogP contribution in [0.5, 0.6) is 0 Å². The second kappa shape index (κ2) is 4.78. The van der Waals surface area contributed by atoms with E-state index in [0.717, 1.165) is 32.4 Å². The van der Waals surface area contributed by atoms with Crippen molar-refractivity contribution in [2.75, 3.05) is 13.1 Å². The number of carbonyl (C=O) groups is 2. The lowest BCUT2D eigenvalue weighted by Gasteiger charge is -2.34. The lowest BCUT2D eigenvalue weighted by Crippen LogP contribution is -2.54. The van der Waals surface area contributed by atoms with Crippen LogP contribution in [0.3, 0.4) is 0 Å². The zero-order valence-electron chi connectivity index (χ0n) is 11.4. The molecular weight excluding hydrogens is 232 g/mol. The maximum atomic E-state index is 12.2. The van der Waals surface area contributed by atoms with Gasteiger partial charge in [-0.3, -0.25) is 4.79 Å².